The van der Waals surface area contributed by atoms with Gasteiger partial charge in [0.05, 0.1) is 7.11 Å². The number of aliphatic hydroxyl groups is 1. The topological polar surface area (TPSA) is 29.5 Å². The van der Waals surface area contributed by atoms with Gasteiger partial charge in [0, 0.05) is 6.61 Å². The van der Waals surface area contributed by atoms with E-state index < -0.39 is 0 Å². The molecule has 0 aliphatic heterocycles. The molecule has 0 saturated carbocycles. The highest BCUT2D eigenvalue weighted by Crippen LogP contribution is 2.20. The molecule has 1 rings (SSSR count). The first-order valence-corrected chi connectivity index (χ1v) is 4.72. The van der Waals surface area contributed by atoms with E-state index in [-0.39, 0.29) is 6.61 Å². The first-order chi connectivity index (χ1) is 6.81. The molecule has 0 radical (unpaired) electrons. The molecule has 0 aromatic heterocycles. The van der Waals surface area contributed by atoms with Crippen LogP contribution in [0.25, 0.3) is 5.57 Å². The molecule has 0 aliphatic rings. The van der Waals surface area contributed by atoms with Gasteiger partial charge in [0.1, 0.15) is 5.75 Å². The van der Waals surface area contributed by atoms with Crippen molar-refractivity contribution in [3.8, 4) is 5.75 Å². The van der Waals surface area contributed by atoms with Crippen LogP contribution in [0.4, 0.5) is 0 Å². The number of methoxy groups -OCH3 is 1. The van der Waals surface area contributed by atoms with E-state index in [2.05, 4.69) is 0 Å². The minimum atomic E-state index is 0.186. The van der Waals surface area contributed by atoms with E-state index in [1.165, 1.54) is 0 Å². The molecular formula is C12H16O2. The molecule has 0 bridgehead atoms. The van der Waals surface area contributed by atoms with Crippen LogP contribution in [0.2, 0.25) is 0 Å². The smallest absolute Gasteiger partial charge is 0.118 e. The van der Waals surface area contributed by atoms with Gasteiger partial charge in [-0.05, 0) is 36.6 Å². The van der Waals surface area contributed by atoms with Crippen LogP contribution in [-0.4, -0.2) is 18.8 Å². The molecule has 1 N–H and O–H groups in total. The van der Waals surface area contributed by atoms with Crippen LogP contribution in [0.5, 0.6) is 5.75 Å². The molecule has 1 aromatic carbocycles. The lowest BCUT2D eigenvalue weighted by Gasteiger charge is -2.06. The maximum atomic E-state index is 8.86. The fourth-order valence-corrected chi connectivity index (χ4v) is 1.38. The van der Waals surface area contributed by atoms with Gasteiger partial charge in [0.25, 0.3) is 0 Å². The standard InChI is InChI=1S/C12H16O2/c1-3-10(8-9-13)11-4-6-12(14-2)7-5-11/h3-7,13H,8-9H2,1-2H3/b10-3+. The highest BCUT2D eigenvalue weighted by Gasteiger charge is 1.99. The monoisotopic (exact) mass is 192 g/mol. The van der Waals surface area contributed by atoms with Gasteiger partial charge in [-0.1, -0.05) is 18.2 Å². The Kier molecular flexibility index (Phi) is 4.20. The summed E-state index contributed by atoms with van der Waals surface area (Å²) in [5.74, 6) is 0.855. The Labute approximate surface area is 84.8 Å². The molecule has 0 saturated heterocycles. The molecule has 1 aromatic rings. The van der Waals surface area contributed by atoms with Crippen molar-refractivity contribution >= 4 is 5.57 Å². The number of hydrogen-bond donors (Lipinski definition) is 1. The van der Waals surface area contributed by atoms with Crippen molar-refractivity contribution in [1.82, 2.24) is 0 Å². The van der Waals surface area contributed by atoms with Crippen LogP contribution >= 0.6 is 0 Å². The third-order valence-corrected chi connectivity index (χ3v) is 2.19. The zero-order chi connectivity index (χ0) is 10.4. The number of aliphatic hydroxyl groups excluding tert-OH is 1. The Hall–Kier alpha value is -1.28. The summed E-state index contributed by atoms with van der Waals surface area (Å²) in [5, 5.41) is 8.86. The van der Waals surface area contributed by atoms with Gasteiger partial charge in [-0.15, -0.1) is 0 Å². The van der Waals surface area contributed by atoms with Crippen LogP contribution in [0.3, 0.4) is 0 Å². The second-order valence-electron chi connectivity index (χ2n) is 3.02. The van der Waals surface area contributed by atoms with Crippen molar-refractivity contribution in [2.24, 2.45) is 0 Å². The van der Waals surface area contributed by atoms with Crippen LogP contribution in [-0.2, 0) is 0 Å². The van der Waals surface area contributed by atoms with Crippen LogP contribution in [0.1, 0.15) is 18.9 Å². The molecule has 14 heavy (non-hydrogen) atoms. The van der Waals surface area contributed by atoms with Crippen molar-refractivity contribution < 1.29 is 9.84 Å². The van der Waals surface area contributed by atoms with Gasteiger partial charge in [-0.2, -0.15) is 0 Å². The Morgan fingerprint density at radius 3 is 2.43 bits per heavy atom. The van der Waals surface area contributed by atoms with Gasteiger partial charge < -0.3 is 9.84 Å². The van der Waals surface area contributed by atoms with Crippen molar-refractivity contribution in [2.45, 2.75) is 13.3 Å². The van der Waals surface area contributed by atoms with E-state index in [1.54, 1.807) is 7.11 Å². The molecule has 0 fully saturated rings. The van der Waals surface area contributed by atoms with E-state index >= 15 is 0 Å². The SMILES string of the molecule is C/C=C(\CCO)c1ccc(OC)cc1. The van der Waals surface area contributed by atoms with Crippen molar-refractivity contribution in [1.29, 1.82) is 0 Å². The van der Waals surface area contributed by atoms with Crippen molar-refractivity contribution in [2.75, 3.05) is 13.7 Å². The Morgan fingerprint density at radius 1 is 1.36 bits per heavy atom. The van der Waals surface area contributed by atoms with E-state index in [4.69, 9.17) is 9.84 Å². The molecular weight excluding hydrogens is 176 g/mol. The average Bonchev–Trinajstić information content (AvgIpc) is 2.26. The normalized spacial score (nSPS) is 11.5. The number of hydrogen-bond acceptors (Lipinski definition) is 2. The molecule has 0 unspecified atom stereocenters. The molecule has 0 heterocycles. The first kappa shape index (κ1) is 10.8. The first-order valence-electron chi connectivity index (χ1n) is 4.72. The van der Waals surface area contributed by atoms with Gasteiger partial charge in [-0.25, -0.2) is 0 Å². The Balaban J connectivity index is 2.84. The van der Waals surface area contributed by atoms with Gasteiger partial charge in [0.15, 0.2) is 0 Å². The number of benzene rings is 1. The second-order valence-corrected chi connectivity index (χ2v) is 3.02. The highest BCUT2D eigenvalue weighted by molar-refractivity contribution is 5.65. The quantitative estimate of drug-likeness (QED) is 0.794. The largest absolute Gasteiger partial charge is 0.497 e. The van der Waals surface area contributed by atoms with Gasteiger partial charge >= 0.3 is 0 Å². The highest BCUT2D eigenvalue weighted by atomic mass is 16.5. The Morgan fingerprint density at radius 2 is 2.00 bits per heavy atom. The van der Waals surface area contributed by atoms with E-state index in [1.807, 2.05) is 37.3 Å². The van der Waals surface area contributed by atoms with E-state index in [0.29, 0.717) is 6.42 Å². The average molecular weight is 192 g/mol. The molecule has 2 heteroatoms. The summed E-state index contributed by atoms with van der Waals surface area (Å²) in [6.45, 7) is 2.17. The lowest BCUT2D eigenvalue weighted by atomic mass is 10.0. The molecule has 0 aliphatic carbocycles. The lowest BCUT2D eigenvalue weighted by Crippen LogP contribution is -1.89. The van der Waals surface area contributed by atoms with Crippen LogP contribution < -0.4 is 4.74 Å². The maximum absolute atomic E-state index is 8.86. The Bertz CT molecular complexity index is 299. The molecule has 0 atom stereocenters. The molecule has 76 valence electrons. The van der Waals surface area contributed by atoms with Gasteiger partial charge in [-0.3, -0.25) is 0 Å². The van der Waals surface area contributed by atoms with Crippen LogP contribution in [0.15, 0.2) is 30.3 Å². The lowest BCUT2D eigenvalue weighted by molar-refractivity contribution is 0.305. The second kappa shape index (κ2) is 5.45. The summed E-state index contributed by atoms with van der Waals surface area (Å²) >= 11 is 0. The van der Waals surface area contributed by atoms with E-state index in [9.17, 15) is 0 Å². The molecule has 0 amide bonds. The van der Waals surface area contributed by atoms with Gasteiger partial charge in [0.2, 0.25) is 0 Å². The zero-order valence-corrected chi connectivity index (χ0v) is 8.66. The van der Waals surface area contributed by atoms with E-state index in [0.717, 1.165) is 16.9 Å². The van der Waals surface area contributed by atoms with Crippen molar-refractivity contribution in [3.05, 3.63) is 35.9 Å². The third kappa shape index (κ3) is 2.60. The summed E-state index contributed by atoms with van der Waals surface area (Å²) in [4.78, 5) is 0. The summed E-state index contributed by atoms with van der Waals surface area (Å²) in [6, 6.07) is 7.86. The summed E-state index contributed by atoms with van der Waals surface area (Å²) < 4.78 is 5.07. The van der Waals surface area contributed by atoms with Crippen LogP contribution in [0, 0.1) is 0 Å². The number of rotatable bonds is 4. The fourth-order valence-electron chi connectivity index (χ4n) is 1.38. The third-order valence-electron chi connectivity index (χ3n) is 2.19. The number of ether oxygens (including phenoxy) is 1. The van der Waals surface area contributed by atoms with Crippen molar-refractivity contribution in [3.63, 3.8) is 0 Å². The fraction of sp³-hybridized carbons (Fsp3) is 0.333. The summed E-state index contributed by atoms with van der Waals surface area (Å²) in [5.41, 5.74) is 2.30. The maximum Gasteiger partial charge on any atom is 0.118 e. The minimum Gasteiger partial charge on any atom is -0.497 e. The number of allylic oxidation sites excluding steroid dienone is 1. The molecule has 0 spiro atoms. The predicted molar refractivity (Wildman–Crippen MR) is 58.3 cm³/mol. The molecule has 2 nitrogen and oxygen atoms in total. The summed E-state index contributed by atoms with van der Waals surface area (Å²) in [7, 11) is 1.65. The minimum absolute atomic E-state index is 0.186. The predicted octanol–water partition coefficient (Wildman–Crippen LogP) is 2.48. The zero-order valence-electron chi connectivity index (χ0n) is 8.66. The summed E-state index contributed by atoms with van der Waals surface area (Å²) in [6.07, 6.45) is 2.72.